The number of fused-ring (bicyclic) bond motifs is 3. The Hall–Kier alpha value is -6.72. The number of aromatic nitrogens is 4. The summed E-state index contributed by atoms with van der Waals surface area (Å²) in [5, 5.41) is 2.29. The van der Waals surface area contributed by atoms with E-state index in [1.807, 2.05) is 78.9 Å². The molecule has 2 heterocycles. The van der Waals surface area contributed by atoms with Crippen molar-refractivity contribution in [2.45, 2.75) is 0 Å². The van der Waals surface area contributed by atoms with E-state index in [-0.39, 0.29) is 5.82 Å². The molecule has 4 nitrogen and oxygen atoms in total. The maximum Gasteiger partial charge on any atom is 0.166 e. The van der Waals surface area contributed by atoms with Gasteiger partial charge in [-0.3, -0.25) is 0 Å². The van der Waals surface area contributed by atoms with Crippen LogP contribution < -0.4 is 0 Å². The molecule has 0 fully saturated rings. The zero-order valence-corrected chi connectivity index (χ0v) is 26.9. The van der Waals surface area contributed by atoms with E-state index in [0.717, 1.165) is 66.4 Å². The third-order valence-electron chi connectivity index (χ3n) is 9.14. The van der Waals surface area contributed by atoms with E-state index in [1.165, 1.54) is 12.1 Å². The highest BCUT2D eigenvalue weighted by molar-refractivity contribution is 6.11. The molecule has 5 heteroatoms. The quantitative estimate of drug-likeness (QED) is 0.181. The maximum atomic E-state index is 14.0. The summed E-state index contributed by atoms with van der Waals surface area (Å²) in [6.45, 7) is 0. The molecular weight excluding hydrogens is 616 g/mol. The standard InChI is InChI=1S/C45H29FN4/c46-36-24-20-31(21-25-36)35-22-26-38(45-48-43(32-14-6-2-7-15-32)47-44(49-45)33-16-8-3-9-17-33)42(29-35)50-40-19-11-10-18-37(40)39-28-34(23-27-41(39)50)30-12-4-1-5-13-30/h1-29H. The molecule has 50 heavy (non-hydrogen) atoms. The third kappa shape index (κ3) is 5.31. The second-order valence-electron chi connectivity index (χ2n) is 12.2. The smallest absolute Gasteiger partial charge is 0.166 e. The van der Waals surface area contributed by atoms with E-state index in [0.29, 0.717) is 17.5 Å². The normalized spacial score (nSPS) is 11.3. The van der Waals surface area contributed by atoms with Gasteiger partial charge in [-0.2, -0.15) is 0 Å². The van der Waals surface area contributed by atoms with Crippen LogP contribution in [-0.2, 0) is 0 Å². The first-order valence-electron chi connectivity index (χ1n) is 16.6. The lowest BCUT2D eigenvalue weighted by Crippen LogP contribution is -2.04. The average Bonchev–Trinajstić information content (AvgIpc) is 3.52. The van der Waals surface area contributed by atoms with Crippen molar-refractivity contribution in [3.05, 3.63) is 182 Å². The van der Waals surface area contributed by atoms with Gasteiger partial charge in [0.25, 0.3) is 0 Å². The number of hydrogen-bond acceptors (Lipinski definition) is 3. The molecule has 0 bridgehead atoms. The Morgan fingerprint density at radius 3 is 1.50 bits per heavy atom. The Labute approximate surface area is 288 Å². The minimum atomic E-state index is -0.269. The van der Waals surface area contributed by atoms with Gasteiger partial charge in [0.15, 0.2) is 17.5 Å². The van der Waals surface area contributed by atoms with E-state index < -0.39 is 0 Å². The fourth-order valence-corrected chi connectivity index (χ4v) is 6.70. The molecule has 0 saturated heterocycles. The van der Waals surface area contributed by atoms with Crippen LogP contribution in [0.15, 0.2) is 176 Å². The Morgan fingerprint density at radius 2 is 0.840 bits per heavy atom. The Morgan fingerprint density at radius 1 is 0.360 bits per heavy atom. The number of halogens is 1. The third-order valence-corrected chi connectivity index (χ3v) is 9.14. The van der Waals surface area contributed by atoms with Crippen LogP contribution in [0, 0.1) is 5.82 Å². The maximum absolute atomic E-state index is 14.0. The summed E-state index contributed by atoms with van der Waals surface area (Å²) in [6, 6.07) is 58.5. The molecule has 0 radical (unpaired) electrons. The van der Waals surface area contributed by atoms with Gasteiger partial charge < -0.3 is 4.57 Å². The molecule has 0 N–H and O–H groups in total. The molecule has 236 valence electrons. The molecule has 0 aliphatic rings. The average molecular weight is 645 g/mol. The van der Waals surface area contributed by atoms with Crippen molar-refractivity contribution < 1.29 is 4.39 Å². The monoisotopic (exact) mass is 644 g/mol. The van der Waals surface area contributed by atoms with Crippen LogP contribution in [0.5, 0.6) is 0 Å². The number of para-hydroxylation sites is 1. The molecular formula is C45H29FN4. The van der Waals surface area contributed by atoms with Crippen LogP contribution in [0.1, 0.15) is 0 Å². The van der Waals surface area contributed by atoms with Crippen molar-refractivity contribution >= 4 is 21.8 Å². The fourth-order valence-electron chi connectivity index (χ4n) is 6.70. The van der Waals surface area contributed by atoms with Crippen LogP contribution in [0.2, 0.25) is 0 Å². The van der Waals surface area contributed by atoms with E-state index in [9.17, 15) is 4.39 Å². The van der Waals surface area contributed by atoms with Crippen LogP contribution >= 0.6 is 0 Å². The Bertz CT molecular complexity index is 2570. The highest BCUT2D eigenvalue weighted by atomic mass is 19.1. The van der Waals surface area contributed by atoms with Crippen molar-refractivity contribution in [2.75, 3.05) is 0 Å². The molecule has 0 atom stereocenters. The van der Waals surface area contributed by atoms with E-state index in [4.69, 9.17) is 15.0 Å². The highest BCUT2D eigenvalue weighted by Gasteiger charge is 2.20. The first-order valence-corrected chi connectivity index (χ1v) is 16.6. The largest absolute Gasteiger partial charge is 0.308 e. The Balaban J connectivity index is 1.34. The minimum absolute atomic E-state index is 0.269. The molecule has 0 unspecified atom stereocenters. The van der Waals surface area contributed by atoms with Crippen molar-refractivity contribution in [1.29, 1.82) is 0 Å². The van der Waals surface area contributed by atoms with Gasteiger partial charge in [0.05, 0.1) is 16.7 Å². The Kier molecular flexibility index (Phi) is 7.29. The predicted octanol–water partition coefficient (Wildman–Crippen LogP) is 11.4. The SMILES string of the molecule is Fc1ccc(-c2ccc(-c3nc(-c4ccccc4)nc(-c4ccccc4)n3)c(-n3c4ccccc4c4cc(-c5ccccc5)ccc43)c2)cc1. The minimum Gasteiger partial charge on any atom is -0.308 e. The summed E-state index contributed by atoms with van der Waals surface area (Å²) in [5.41, 5.74) is 9.88. The molecule has 9 rings (SSSR count). The number of rotatable bonds is 6. The summed E-state index contributed by atoms with van der Waals surface area (Å²) in [7, 11) is 0. The molecule has 7 aromatic carbocycles. The number of nitrogens with zero attached hydrogens (tertiary/aromatic N) is 4. The second-order valence-corrected chi connectivity index (χ2v) is 12.2. The van der Waals surface area contributed by atoms with Gasteiger partial charge in [0.1, 0.15) is 5.82 Å². The van der Waals surface area contributed by atoms with Gasteiger partial charge in [0.2, 0.25) is 0 Å². The van der Waals surface area contributed by atoms with Crippen molar-refractivity contribution in [3.8, 4) is 62.1 Å². The van der Waals surface area contributed by atoms with Crippen molar-refractivity contribution in [2.24, 2.45) is 0 Å². The molecule has 0 amide bonds. The predicted molar refractivity (Wildman–Crippen MR) is 201 cm³/mol. The topological polar surface area (TPSA) is 43.6 Å². The van der Waals surface area contributed by atoms with Crippen LogP contribution in [0.3, 0.4) is 0 Å². The van der Waals surface area contributed by atoms with Crippen LogP contribution in [0.25, 0.3) is 83.9 Å². The highest BCUT2D eigenvalue weighted by Crippen LogP contribution is 2.39. The molecule has 9 aromatic rings. The summed E-state index contributed by atoms with van der Waals surface area (Å²) in [4.78, 5) is 15.2. The molecule has 0 spiro atoms. The summed E-state index contributed by atoms with van der Waals surface area (Å²) in [6.07, 6.45) is 0. The van der Waals surface area contributed by atoms with Crippen molar-refractivity contribution in [1.82, 2.24) is 19.5 Å². The van der Waals surface area contributed by atoms with E-state index in [1.54, 1.807) is 0 Å². The number of benzene rings is 7. The van der Waals surface area contributed by atoms with Crippen LogP contribution in [-0.4, -0.2) is 19.5 Å². The lowest BCUT2D eigenvalue weighted by atomic mass is 10.0. The summed E-state index contributed by atoms with van der Waals surface area (Å²) < 4.78 is 16.3. The van der Waals surface area contributed by atoms with Gasteiger partial charge >= 0.3 is 0 Å². The van der Waals surface area contributed by atoms with Crippen LogP contribution in [0.4, 0.5) is 4.39 Å². The van der Waals surface area contributed by atoms with E-state index in [2.05, 4.69) is 89.5 Å². The second kappa shape index (κ2) is 12.4. The van der Waals surface area contributed by atoms with Gasteiger partial charge in [-0.05, 0) is 64.7 Å². The van der Waals surface area contributed by atoms with Gasteiger partial charge in [-0.1, -0.05) is 133 Å². The summed E-state index contributed by atoms with van der Waals surface area (Å²) >= 11 is 0. The van der Waals surface area contributed by atoms with Gasteiger partial charge in [-0.25, -0.2) is 19.3 Å². The van der Waals surface area contributed by atoms with Gasteiger partial charge in [-0.15, -0.1) is 0 Å². The zero-order chi connectivity index (χ0) is 33.4. The number of hydrogen-bond donors (Lipinski definition) is 0. The fraction of sp³-hybridized carbons (Fsp3) is 0. The lowest BCUT2D eigenvalue weighted by molar-refractivity contribution is 0.628. The van der Waals surface area contributed by atoms with E-state index >= 15 is 0 Å². The van der Waals surface area contributed by atoms with Gasteiger partial charge in [0, 0.05) is 27.5 Å². The lowest BCUT2D eigenvalue weighted by Gasteiger charge is -2.16. The zero-order valence-electron chi connectivity index (χ0n) is 26.9. The summed E-state index contributed by atoms with van der Waals surface area (Å²) in [5.74, 6) is 1.48. The molecule has 0 aliphatic carbocycles. The molecule has 0 aliphatic heterocycles. The van der Waals surface area contributed by atoms with Crippen molar-refractivity contribution in [3.63, 3.8) is 0 Å². The molecule has 2 aromatic heterocycles. The first kappa shape index (κ1) is 29.4. The first-order chi connectivity index (χ1) is 24.7. The molecule has 0 saturated carbocycles.